The van der Waals surface area contributed by atoms with Crippen LogP contribution < -0.4 is 11.1 Å². The average Bonchev–Trinajstić information content (AvgIpc) is 3.63. The summed E-state index contributed by atoms with van der Waals surface area (Å²) in [6, 6.07) is 7.62. The molecule has 2 aromatic carbocycles. The number of nitrogens with two attached hydrogens (primary N) is 1. The predicted molar refractivity (Wildman–Crippen MR) is 133 cm³/mol. The molecule has 184 valence electrons. The topological polar surface area (TPSA) is 139 Å². The number of primary amides is 1. The zero-order valence-electron chi connectivity index (χ0n) is 19.6. The Morgan fingerprint density at radius 3 is 2.56 bits per heavy atom. The van der Waals surface area contributed by atoms with Crippen molar-refractivity contribution < 1.29 is 18.5 Å². The number of amides is 2. The minimum Gasteiger partial charge on any atom is -0.612 e. The van der Waals surface area contributed by atoms with Crippen LogP contribution in [0.4, 0.5) is 4.39 Å². The summed E-state index contributed by atoms with van der Waals surface area (Å²) in [4.78, 5) is 33.6. The van der Waals surface area contributed by atoms with Gasteiger partial charge in [-0.1, -0.05) is 0 Å². The first-order chi connectivity index (χ1) is 17.3. The Morgan fingerprint density at radius 2 is 1.94 bits per heavy atom. The summed E-state index contributed by atoms with van der Waals surface area (Å²) >= 11 is -1.27. The lowest BCUT2D eigenvalue weighted by atomic mass is 9.99. The van der Waals surface area contributed by atoms with Gasteiger partial charge in [0.1, 0.15) is 12.1 Å². The first kappa shape index (κ1) is 23.9. The van der Waals surface area contributed by atoms with E-state index in [-0.39, 0.29) is 29.8 Å². The van der Waals surface area contributed by atoms with E-state index in [9.17, 15) is 18.5 Å². The molecule has 3 N–H and O–H groups in total. The van der Waals surface area contributed by atoms with Gasteiger partial charge in [0.05, 0.1) is 17.6 Å². The number of fused-ring (bicyclic) bond motifs is 1. The van der Waals surface area contributed by atoms with Gasteiger partial charge >= 0.3 is 0 Å². The fraction of sp³-hybridized carbons (Fsp3) is 0.240. The summed E-state index contributed by atoms with van der Waals surface area (Å²) in [5.74, 6) is -0.851. The normalized spacial score (nSPS) is 14.1. The maximum Gasteiger partial charge on any atom is 0.251 e. The summed E-state index contributed by atoms with van der Waals surface area (Å²) < 4.78 is 27.9. The van der Waals surface area contributed by atoms with Gasteiger partial charge in [-0.2, -0.15) is 9.78 Å². The quantitative estimate of drug-likeness (QED) is 0.370. The van der Waals surface area contributed by atoms with E-state index in [1.165, 1.54) is 48.6 Å². The second kappa shape index (κ2) is 9.32. The van der Waals surface area contributed by atoms with Gasteiger partial charge in [-0.05, 0) is 53.8 Å². The van der Waals surface area contributed by atoms with Crippen molar-refractivity contribution in [3.05, 3.63) is 65.4 Å². The first-order valence-electron chi connectivity index (χ1n) is 11.3. The Hall–Kier alpha value is -3.83. The zero-order chi connectivity index (χ0) is 25.6. The van der Waals surface area contributed by atoms with Crippen LogP contribution in [0, 0.1) is 5.82 Å². The second-order valence-corrected chi connectivity index (χ2v) is 10.1. The molecule has 0 spiro atoms. The Bertz CT molecular complexity index is 1500. The largest absolute Gasteiger partial charge is 0.612 e. The molecule has 0 saturated heterocycles. The first-order valence-corrected chi connectivity index (χ1v) is 12.8. The molecular formula is C25H23FN6O3S. The number of rotatable bonds is 7. The number of nitrogens with zero attached hydrogens (tertiary/aromatic N) is 4. The van der Waals surface area contributed by atoms with Crippen molar-refractivity contribution >= 4 is 33.9 Å². The van der Waals surface area contributed by atoms with Crippen LogP contribution in [0.1, 0.15) is 40.4 Å². The van der Waals surface area contributed by atoms with E-state index < -0.39 is 22.9 Å². The van der Waals surface area contributed by atoms with Crippen molar-refractivity contribution in [3.8, 4) is 17.1 Å². The zero-order valence-corrected chi connectivity index (χ0v) is 20.4. The van der Waals surface area contributed by atoms with Crippen molar-refractivity contribution in [2.24, 2.45) is 5.73 Å². The van der Waals surface area contributed by atoms with Crippen LogP contribution in [0.25, 0.3) is 28.0 Å². The van der Waals surface area contributed by atoms with Gasteiger partial charge in [0, 0.05) is 53.5 Å². The molecule has 9 nitrogen and oxygen atoms in total. The van der Waals surface area contributed by atoms with Crippen LogP contribution in [0.3, 0.4) is 0 Å². The molecule has 2 heterocycles. The molecule has 36 heavy (non-hydrogen) atoms. The summed E-state index contributed by atoms with van der Waals surface area (Å²) in [5, 5.41) is 8.13. The highest BCUT2D eigenvalue weighted by Gasteiger charge is 2.31. The van der Waals surface area contributed by atoms with Gasteiger partial charge in [-0.25, -0.2) is 14.4 Å². The Morgan fingerprint density at radius 1 is 1.22 bits per heavy atom. The number of hydrogen-bond acceptors (Lipinski definition) is 6. The predicted octanol–water partition coefficient (Wildman–Crippen LogP) is 2.62. The van der Waals surface area contributed by atoms with Gasteiger partial charge in [0.25, 0.3) is 11.9 Å². The van der Waals surface area contributed by atoms with E-state index in [1.54, 1.807) is 12.1 Å². The van der Waals surface area contributed by atoms with E-state index in [0.717, 1.165) is 23.9 Å². The Balaban J connectivity index is 1.65. The maximum atomic E-state index is 14.5. The molecule has 1 atom stereocenters. The monoisotopic (exact) mass is 506 g/mol. The number of carbonyl (C=O) groups is 2. The van der Waals surface area contributed by atoms with Gasteiger partial charge in [-0.15, -0.1) is 0 Å². The molecule has 2 aromatic heterocycles. The number of hydrogen-bond donors (Lipinski definition) is 2. The van der Waals surface area contributed by atoms with E-state index in [0.29, 0.717) is 27.1 Å². The van der Waals surface area contributed by atoms with Gasteiger partial charge in [-0.3, -0.25) is 9.59 Å². The highest BCUT2D eigenvalue weighted by molar-refractivity contribution is 7.90. The summed E-state index contributed by atoms with van der Waals surface area (Å²) in [6.45, 7) is 0. The molecule has 4 aromatic rings. The number of aromatic nitrogens is 4. The fourth-order valence-corrected chi connectivity index (χ4v) is 4.78. The van der Waals surface area contributed by atoms with Gasteiger partial charge < -0.3 is 15.6 Å². The SMILES string of the molecule is CNC(=O)c1cc(CC(N)=O)c2c(C3CC3)nn(-c3ncc(-c4cc([S+](C)[O-])ccc4F)cn3)c2c1. The van der Waals surface area contributed by atoms with Crippen molar-refractivity contribution in [2.75, 3.05) is 13.3 Å². The molecule has 0 radical (unpaired) electrons. The number of nitrogens with one attached hydrogen (secondary N) is 1. The molecule has 1 aliphatic rings. The highest BCUT2D eigenvalue weighted by Crippen LogP contribution is 2.44. The lowest BCUT2D eigenvalue weighted by Gasteiger charge is -2.09. The minimum atomic E-state index is -1.27. The van der Waals surface area contributed by atoms with Crippen molar-refractivity contribution in [2.45, 2.75) is 30.1 Å². The van der Waals surface area contributed by atoms with Crippen LogP contribution in [-0.2, 0) is 22.4 Å². The molecule has 1 aliphatic carbocycles. The van der Waals surface area contributed by atoms with Crippen molar-refractivity contribution in [1.82, 2.24) is 25.1 Å². The molecular weight excluding hydrogens is 483 g/mol. The average molecular weight is 507 g/mol. The third-order valence-electron chi connectivity index (χ3n) is 6.12. The Kier molecular flexibility index (Phi) is 6.19. The summed E-state index contributed by atoms with van der Waals surface area (Å²) in [6.07, 6.45) is 6.36. The van der Waals surface area contributed by atoms with Crippen LogP contribution in [-0.4, -0.2) is 49.4 Å². The van der Waals surface area contributed by atoms with E-state index in [2.05, 4.69) is 15.3 Å². The highest BCUT2D eigenvalue weighted by atomic mass is 32.2. The number of halogens is 1. The molecule has 11 heteroatoms. The van der Waals surface area contributed by atoms with Gasteiger partial charge in [0.15, 0.2) is 4.90 Å². The third-order valence-corrected chi connectivity index (χ3v) is 7.04. The lowest BCUT2D eigenvalue weighted by molar-refractivity contribution is -0.117. The number of benzene rings is 2. The minimum absolute atomic E-state index is 0.0407. The van der Waals surface area contributed by atoms with Gasteiger partial charge in [0.2, 0.25) is 5.91 Å². The van der Waals surface area contributed by atoms with E-state index in [4.69, 9.17) is 10.8 Å². The second-order valence-electron chi connectivity index (χ2n) is 8.69. The van der Waals surface area contributed by atoms with E-state index in [1.807, 2.05) is 0 Å². The third kappa shape index (κ3) is 4.42. The maximum absolute atomic E-state index is 14.5. The molecule has 5 rings (SSSR count). The molecule has 2 amide bonds. The number of carbonyl (C=O) groups excluding carboxylic acids is 2. The molecule has 1 unspecified atom stereocenters. The summed E-state index contributed by atoms with van der Waals surface area (Å²) in [5.41, 5.74) is 8.53. The van der Waals surface area contributed by atoms with Crippen LogP contribution in [0.2, 0.25) is 0 Å². The fourth-order valence-electron chi connectivity index (χ4n) is 4.23. The smallest absolute Gasteiger partial charge is 0.251 e. The molecule has 1 saturated carbocycles. The Labute approximate surface area is 209 Å². The van der Waals surface area contributed by atoms with Crippen LogP contribution >= 0.6 is 0 Å². The molecule has 0 aliphatic heterocycles. The molecule has 0 bridgehead atoms. The summed E-state index contributed by atoms with van der Waals surface area (Å²) in [7, 11) is 1.53. The van der Waals surface area contributed by atoms with Crippen LogP contribution in [0.15, 0.2) is 47.6 Å². The lowest BCUT2D eigenvalue weighted by Crippen LogP contribution is -2.19. The molecule has 1 fully saturated rings. The standard InChI is InChI=1S/C25H23FN6O3S/c1-28-24(34)15-7-14(9-21(27)33)22-20(8-15)32(31-23(22)13-3-4-13)25-29-11-16(12-30-25)18-10-17(36(2)35)5-6-19(18)26/h5-8,10-13H,3-4,9H2,1-2H3,(H2,27,33)(H,28,34). The van der Waals surface area contributed by atoms with Crippen molar-refractivity contribution in [1.29, 1.82) is 0 Å². The van der Waals surface area contributed by atoms with Crippen LogP contribution in [0.5, 0.6) is 0 Å². The van der Waals surface area contributed by atoms with Crippen molar-refractivity contribution in [3.63, 3.8) is 0 Å². The van der Waals surface area contributed by atoms with E-state index >= 15 is 0 Å².